The standard InChI is InChI=1S/C26H24N2O4S/c1-17(18-9-10-22-23(14-18)32-12-5-11-31-22)27-25(29)16-28-15-20(19-6-2-3-7-21(19)28)26(30)24-8-4-13-33-24/h2-4,6-10,13-15,17H,5,11-12,16H2,1H3,(H,27,29)/t17-/m1/s1. The predicted octanol–water partition coefficient (Wildman–Crippen LogP) is 4.97. The molecule has 0 bridgehead atoms. The lowest BCUT2D eigenvalue weighted by molar-refractivity contribution is -0.122. The van der Waals surface area contributed by atoms with Crippen LogP contribution in [0.4, 0.5) is 0 Å². The normalized spacial score (nSPS) is 14.0. The highest BCUT2D eigenvalue weighted by Crippen LogP contribution is 2.32. The van der Waals surface area contributed by atoms with Gasteiger partial charge in [0.1, 0.15) is 6.54 Å². The number of carbonyl (C=O) groups excluding carboxylic acids is 2. The van der Waals surface area contributed by atoms with Crippen molar-refractivity contribution in [3.05, 3.63) is 82.2 Å². The van der Waals surface area contributed by atoms with Crippen LogP contribution in [-0.4, -0.2) is 29.5 Å². The monoisotopic (exact) mass is 460 g/mol. The van der Waals surface area contributed by atoms with Crippen LogP contribution < -0.4 is 14.8 Å². The highest BCUT2D eigenvalue weighted by atomic mass is 32.1. The summed E-state index contributed by atoms with van der Waals surface area (Å²) >= 11 is 1.42. The quantitative estimate of drug-likeness (QED) is 0.413. The Balaban J connectivity index is 1.34. The number of nitrogens with zero attached hydrogens (tertiary/aromatic N) is 1. The lowest BCUT2D eigenvalue weighted by atomic mass is 10.1. The molecule has 1 aliphatic rings. The minimum Gasteiger partial charge on any atom is -0.490 e. The zero-order valence-corrected chi connectivity index (χ0v) is 19.1. The number of benzene rings is 2. The van der Waals surface area contributed by atoms with Gasteiger partial charge in [-0.05, 0) is 42.1 Å². The molecule has 1 N–H and O–H groups in total. The van der Waals surface area contributed by atoms with Gasteiger partial charge in [-0.25, -0.2) is 0 Å². The molecule has 33 heavy (non-hydrogen) atoms. The highest BCUT2D eigenvalue weighted by Gasteiger charge is 2.20. The Morgan fingerprint density at radius 2 is 1.88 bits per heavy atom. The second-order valence-corrected chi connectivity index (χ2v) is 8.99. The second kappa shape index (κ2) is 9.11. The predicted molar refractivity (Wildman–Crippen MR) is 128 cm³/mol. The molecule has 4 aromatic rings. The number of rotatable bonds is 6. The molecule has 6 nitrogen and oxygen atoms in total. The van der Waals surface area contributed by atoms with Crippen LogP contribution in [0.5, 0.6) is 11.5 Å². The van der Waals surface area contributed by atoms with Crippen molar-refractivity contribution in [1.82, 2.24) is 9.88 Å². The van der Waals surface area contributed by atoms with Crippen molar-refractivity contribution in [2.75, 3.05) is 13.2 Å². The van der Waals surface area contributed by atoms with E-state index in [9.17, 15) is 9.59 Å². The lowest BCUT2D eigenvalue weighted by Crippen LogP contribution is -2.30. The molecule has 2 aromatic carbocycles. The summed E-state index contributed by atoms with van der Waals surface area (Å²) in [5.74, 6) is 1.28. The maximum absolute atomic E-state index is 13.0. The van der Waals surface area contributed by atoms with Gasteiger partial charge in [0.15, 0.2) is 11.5 Å². The molecule has 0 radical (unpaired) electrons. The van der Waals surface area contributed by atoms with E-state index in [0.29, 0.717) is 29.4 Å². The first-order valence-corrected chi connectivity index (χ1v) is 11.8. The Morgan fingerprint density at radius 3 is 2.70 bits per heavy atom. The summed E-state index contributed by atoms with van der Waals surface area (Å²) in [6, 6.07) is 16.9. The van der Waals surface area contributed by atoms with Gasteiger partial charge in [0.2, 0.25) is 11.7 Å². The highest BCUT2D eigenvalue weighted by molar-refractivity contribution is 7.12. The summed E-state index contributed by atoms with van der Waals surface area (Å²) < 4.78 is 13.3. The molecule has 0 spiro atoms. The van der Waals surface area contributed by atoms with E-state index in [2.05, 4.69) is 5.32 Å². The molecule has 5 rings (SSSR count). The largest absolute Gasteiger partial charge is 0.490 e. The molecule has 3 heterocycles. The summed E-state index contributed by atoms with van der Waals surface area (Å²) in [7, 11) is 0. The summed E-state index contributed by atoms with van der Waals surface area (Å²) in [4.78, 5) is 26.6. The molecule has 2 aromatic heterocycles. The molecular weight excluding hydrogens is 436 g/mol. The Labute approximate surface area is 195 Å². The van der Waals surface area contributed by atoms with Gasteiger partial charge in [0.25, 0.3) is 0 Å². The number of fused-ring (bicyclic) bond motifs is 2. The van der Waals surface area contributed by atoms with Crippen LogP contribution in [0, 0.1) is 0 Å². The molecule has 7 heteroatoms. The molecule has 0 aliphatic carbocycles. The first-order valence-electron chi connectivity index (χ1n) is 10.9. The zero-order chi connectivity index (χ0) is 22.8. The van der Waals surface area contributed by atoms with Gasteiger partial charge in [-0.15, -0.1) is 11.3 Å². The van der Waals surface area contributed by atoms with Crippen molar-refractivity contribution in [3.63, 3.8) is 0 Å². The number of para-hydroxylation sites is 1. The average Bonchev–Trinajstić information content (AvgIpc) is 3.41. The van der Waals surface area contributed by atoms with Crippen molar-refractivity contribution in [1.29, 1.82) is 0 Å². The lowest BCUT2D eigenvalue weighted by Gasteiger charge is -2.17. The van der Waals surface area contributed by atoms with E-state index in [1.807, 2.05) is 71.5 Å². The summed E-state index contributed by atoms with van der Waals surface area (Å²) in [6.45, 7) is 3.31. The van der Waals surface area contributed by atoms with E-state index < -0.39 is 0 Å². The Bertz CT molecular complexity index is 1310. The number of carbonyl (C=O) groups is 2. The Morgan fingerprint density at radius 1 is 1.06 bits per heavy atom. The maximum Gasteiger partial charge on any atom is 0.240 e. The molecular formula is C26H24N2O4S. The minimum absolute atomic E-state index is 0.0269. The van der Waals surface area contributed by atoms with Crippen LogP contribution in [0.25, 0.3) is 10.9 Å². The fourth-order valence-electron chi connectivity index (χ4n) is 4.07. The van der Waals surface area contributed by atoms with Crippen LogP contribution >= 0.6 is 11.3 Å². The number of hydrogen-bond donors (Lipinski definition) is 1. The van der Waals surface area contributed by atoms with Crippen molar-refractivity contribution >= 4 is 33.9 Å². The van der Waals surface area contributed by atoms with Crippen LogP contribution in [0.15, 0.2) is 66.2 Å². The van der Waals surface area contributed by atoms with Gasteiger partial charge in [-0.1, -0.05) is 30.3 Å². The van der Waals surface area contributed by atoms with Gasteiger partial charge in [0, 0.05) is 29.1 Å². The second-order valence-electron chi connectivity index (χ2n) is 8.04. The molecule has 1 amide bonds. The third-order valence-electron chi connectivity index (χ3n) is 5.74. The summed E-state index contributed by atoms with van der Waals surface area (Å²) in [6.07, 6.45) is 2.63. The molecule has 1 aliphatic heterocycles. The number of nitrogens with one attached hydrogen (secondary N) is 1. The molecule has 1 atom stereocenters. The topological polar surface area (TPSA) is 69.6 Å². The fourth-order valence-corrected chi connectivity index (χ4v) is 4.75. The molecule has 0 saturated heterocycles. The number of amides is 1. The number of hydrogen-bond acceptors (Lipinski definition) is 5. The molecule has 0 fully saturated rings. The smallest absolute Gasteiger partial charge is 0.240 e. The summed E-state index contributed by atoms with van der Waals surface area (Å²) in [5, 5.41) is 5.80. The van der Waals surface area contributed by atoms with Crippen LogP contribution in [0.3, 0.4) is 0 Å². The van der Waals surface area contributed by atoms with Crippen LogP contribution in [-0.2, 0) is 11.3 Å². The van der Waals surface area contributed by atoms with E-state index >= 15 is 0 Å². The fraction of sp³-hybridized carbons (Fsp3) is 0.231. The average molecular weight is 461 g/mol. The molecule has 0 saturated carbocycles. The van der Waals surface area contributed by atoms with Gasteiger partial charge in [-0.3, -0.25) is 9.59 Å². The van der Waals surface area contributed by atoms with Crippen molar-refractivity contribution < 1.29 is 19.1 Å². The van der Waals surface area contributed by atoms with E-state index in [1.165, 1.54) is 11.3 Å². The van der Waals surface area contributed by atoms with Gasteiger partial charge in [0.05, 0.1) is 24.1 Å². The SMILES string of the molecule is C[C@@H](NC(=O)Cn1cc(C(=O)c2cccs2)c2ccccc21)c1ccc2c(c1)OCCCO2. The van der Waals surface area contributed by atoms with Gasteiger partial charge >= 0.3 is 0 Å². The van der Waals surface area contributed by atoms with Crippen molar-refractivity contribution in [2.45, 2.75) is 25.9 Å². The first kappa shape index (κ1) is 21.3. The zero-order valence-electron chi connectivity index (χ0n) is 18.2. The van der Waals surface area contributed by atoms with Crippen molar-refractivity contribution in [2.24, 2.45) is 0 Å². The van der Waals surface area contributed by atoms with Crippen LogP contribution in [0.2, 0.25) is 0 Å². The number of aromatic nitrogens is 1. The number of thiophene rings is 1. The van der Waals surface area contributed by atoms with Crippen LogP contribution in [0.1, 0.15) is 40.2 Å². The number of ketones is 1. The van der Waals surface area contributed by atoms with Gasteiger partial charge < -0.3 is 19.4 Å². The molecule has 0 unspecified atom stereocenters. The molecule has 168 valence electrons. The van der Waals surface area contributed by atoms with E-state index in [0.717, 1.165) is 28.6 Å². The maximum atomic E-state index is 13.0. The third kappa shape index (κ3) is 4.36. The van der Waals surface area contributed by atoms with Crippen molar-refractivity contribution in [3.8, 4) is 11.5 Å². The van der Waals surface area contributed by atoms with E-state index in [4.69, 9.17) is 9.47 Å². The van der Waals surface area contributed by atoms with E-state index in [-0.39, 0.29) is 24.3 Å². The first-order chi connectivity index (χ1) is 16.1. The minimum atomic E-state index is -0.205. The van der Waals surface area contributed by atoms with Gasteiger partial charge in [-0.2, -0.15) is 0 Å². The van der Waals surface area contributed by atoms with E-state index in [1.54, 1.807) is 6.20 Å². The third-order valence-corrected chi connectivity index (χ3v) is 6.61. The Hall–Kier alpha value is -3.58. The Kier molecular flexibility index (Phi) is 5.88. The summed E-state index contributed by atoms with van der Waals surface area (Å²) in [5.41, 5.74) is 2.41. The number of ether oxygens (including phenoxy) is 2.